The largest absolute Gasteiger partial charge is 0.355 e. The summed E-state index contributed by atoms with van der Waals surface area (Å²) in [6.07, 6.45) is 2.34. The van der Waals surface area contributed by atoms with Crippen molar-refractivity contribution >= 4 is 15.9 Å². The molecule has 114 valence electrons. The van der Waals surface area contributed by atoms with Gasteiger partial charge in [0.2, 0.25) is 15.9 Å². The quantitative estimate of drug-likeness (QED) is 0.844. The van der Waals surface area contributed by atoms with E-state index in [2.05, 4.69) is 5.32 Å². The van der Waals surface area contributed by atoms with Gasteiger partial charge >= 0.3 is 0 Å². The van der Waals surface area contributed by atoms with Gasteiger partial charge in [0.05, 0.1) is 11.2 Å². The molecule has 1 aliphatic heterocycles. The first kappa shape index (κ1) is 14.5. The van der Waals surface area contributed by atoms with Gasteiger partial charge in [-0.2, -0.15) is 4.31 Å². The van der Waals surface area contributed by atoms with E-state index in [1.807, 2.05) is 30.3 Å². The van der Waals surface area contributed by atoms with Crippen LogP contribution in [0.5, 0.6) is 0 Å². The van der Waals surface area contributed by atoms with Gasteiger partial charge in [0, 0.05) is 19.6 Å². The van der Waals surface area contributed by atoms with Crippen molar-refractivity contribution in [3.63, 3.8) is 0 Å². The molecule has 1 saturated carbocycles. The van der Waals surface area contributed by atoms with Crippen molar-refractivity contribution in [3.05, 3.63) is 35.9 Å². The minimum atomic E-state index is -3.11. The zero-order chi connectivity index (χ0) is 14.9. The van der Waals surface area contributed by atoms with E-state index >= 15 is 0 Å². The van der Waals surface area contributed by atoms with Gasteiger partial charge < -0.3 is 5.32 Å². The maximum Gasteiger partial charge on any atom is 0.225 e. The SMILES string of the molecule is O=C(NCCc1ccccc1)C1CN(S(=O)(=O)C2CC2)C1. The molecule has 21 heavy (non-hydrogen) atoms. The fourth-order valence-electron chi connectivity index (χ4n) is 2.51. The second-order valence-corrected chi connectivity index (χ2v) is 8.00. The Hall–Kier alpha value is -1.40. The molecule has 1 heterocycles. The van der Waals surface area contributed by atoms with Crippen molar-refractivity contribution in [2.45, 2.75) is 24.5 Å². The topological polar surface area (TPSA) is 66.5 Å². The summed E-state index contributed by atoms with van der Waals surface area (Å²) >= 11 is 0. The van der Waals surface area contributed by atoms with Crippen LogP contribution >= 0.6 is 0 Å². The highest BCUT2D eigenvalue weighted by molar-refractivity contribution is 7.90. The summed E-state index contributed by atoms with van der Waals surface area (Å²) in [6, 6.07) is 9.97. The molecule has 1 amide bonds. The molecule has 6 heteroatoms. The number of carbonyl (C=O) groups excluding carboxylic acids is 1. The average Bonchev–Trinajstić information content (AvgIpc) is 3.22. The second-order valence-electron chi connectivity index (χ2n) is 5.78. The number of hydrogen-bond donors (Lipinski definition) is 1. The van der Waals surface area contributed by atoms with Gasteiger partial charge in [-0.25, -0.2) is 8.42 Å². The first-order valence-electron chi connectivity index (χ1n) is 7.38. The molecular formula is C15H20N2O3S. The van der Waals surface area contributed by atoms with Gasteiger partial charge in [0.15, 0.2) is 0 Å². The number of hydrogen-bond acceptors (Lipinski definition) is 3. The lowest BCUT2D eigenvalue weighted by Crippen LogP contribution is -2.56. The van der Waals surface area contributed by atoms with Crippen molar-refractivity contribution in [1.29, 1.82) is 0 Å². The van der Waals surface area contributed by atoms with Crippen LogP contribution in [0.25, 0.3) is 0 Å². The van der Waals surface area contributed by atoms with Crippen LogP contribution in [-0.2, 0) is 21.2 Å². The van der Waals surface area contributed by atoms with Gasteiger partial charge in [-0.05, 0) is 24.8 Å². The zero-order valence-corrected chi connectivity index (χ0v) is 12.7. The third kappa shape index (κ3) is 3.27. The van der Waals surface area contributed by atoms with Crippen LogP contribution in [0.3, 0.4) is 0 Å². The monoisotopic (exact) mass is 308 g/mol. The predicted octanol–water partition coefficient (Wildman–Crippen LogP) is 0.769. The molecule has 1 aliphatic carbocycles. The van der Waals surface area contributed by atoms with Crippen molar-refractivity contribution in [2.75, 3.05) is 19.6 Å². The predicted molar refractivity (Wildman–Crippen MR) is 80.2 cm³/mol. The number of carbonyl (C=O) groups is 1. The van der Waals surface area contributed by atoms with Crippen molar-refractivity contribution in [1.82, 2.24) is 9.62 Å². The highest BCUT2D eigenvalue weighted by Gasteiger charge is 2.46. The summed E-state index contributed by atoms with van der Waals surface area (Å²) in [5.41, 5.74) is 1.18. The third-order valence-corrected chi connectivity index (χ3v) is 6.41. The lowest BCUT2D eigenvalue weighted by molar-refractivity contribution is -0.128. The highest BCUT2D eigenvalue weighted by atomic mass is 32.2. The van der Waals surface area contributed by atoms with Crippen LogP contribution in [-0.4, -0.2) is 43.5 Å². The Morgan fingerprint density at radius 1 is 1.19 bits per heavy atom. The molecule has 1 aromatic rings. The molecule has 0 radical (unpaired) electrons. The lowest BCUT2D eigenvalue weighted by Gasteiger charge is -2.37. The molecule has 1 N–H and O–H groups in total. The lowest BCUT2D eigenvalue weighted by atomic mass is 10.0. The summed E-state index contributed by atoms with van der Waals surface area (Å²) in [6.45, 7) is 1.28. The fourth-order valence-corrected chi connectivity index (χ4v) is 4.44. The number of rotatable bonds is 6. The van der Waals surface area contributed by atoms with E-state index in [0.717, 1.165) is 19.3 Å². The Kier molecular flexibility index (Phi) is 3.99. The maximum absolute atomic E-state index is 11.9. The summed E-state index contributed by atoms with van der Waals surface area (Å²) in [7, 11) is -3.11. The Labute approximate surface area is 125 Å². The Morgan fingerprint density at radius 2 is 1.86 bits per heavy atom. The number of nitrogens with zero attached hydrogens (tertiary/aromatic N) is 1. The zero-order valence-electron chi connectivity index (χ0n) is 11.9. The number of sulfonamides is 1. The Bertz CT molecular complexity index is 605. The van der Waals surface area contributed by atoms with Crippen LogP contribution in [0.4, 0.5) is 0 Å². The van der Waals surface area contributed by atoms with Gasteiger partial charge in [0.25, 0.3) is 0 Å². The average molecular weight is 308 g/mol. The molecule has 0 atom stereocenters. The normalized spacial score (nSPS) is 20.0. The summed E-state index contributed by atoms with van der Waals surface area (Å²) in [5, 5.41) is 2.71. The maximum atomic E-state index is 11.9. The van der Waals surface area contributed by atoms with Crippen LogP contribution in [0.1, 0.15) is 18.4 Å². The van der Waals surface area contributed by atoms with Crippen molar-refractivity contribution in [3.8, 4) is 0 Å². The van der Waals surface area contributed by atoms with Crippen LogP contribution in [0.2, 0.25) is 0 Å². The smallest absolute Gasteiger partial charge is 0.225 e. The molecule has 2 aliphatic rings. The van der Waals surface area contributed by atoms with E-state index in [-0.39, 0.29) is 17.1 Å². The Morgan fingerprint density at radius 3 is 2.48 bits per heavy atom. The van der Waals surface area contributed by atoms with E-state index < -0.39 is 10.0 Å². The minimum Gasteiger partial charge on any atom is -0.355 e. The van der Waals surface area contributed by atoms with Gasteiger partial charge in [-0.15, -0.1) is 0 Å². The minimum absolute atomic E-state index is 0.0341. The van der Waals surface area contributed by atoms with Crippen LogP contribution in [0.15, 0.2) is 30.3 Å². The summed E-state index contributed by atoms with van der Waals surface area (Å²) < 4.78 is 25.3. The van der Waals surface area contributed by atoms with Crippen molar-refractivity contribution < 1.29 is 13.2 Å². The van der Waals surface area contributed by atoms with Gasteiger partial charge in [-0.3, -0.25) is 4.79 Å². The molecule has 0 bridgehead atoms. The third-order valence-electron chi connectivity index (χ3n) is 4.08. The molecule has 3 rings (SSSR count). The first-order valence-corrected chi connectivity index (χ1v) is 8.88. The van der Waals surface area contributed by atoms with E-state index in [0.29, 0.717) is 19.6 Å². The first-order chi connectivity index (χ1) is 10.1. The molecule has 5 nitrogen and oxygen atoms in total. The van der Waals surface area contributed by atoms with Gasteiger partial charge in [-0.1, -0.05) is 30.3 Å². The van der Waals surface area contributed by atoms with Crippen molar-refractivity contribution in [2.24, 2.45) is 5.92 Å². The fraction of sp³-hybridized carbons (Fsp3) is 0.533. The highest BCUT2D eigenvalue weighted by Crippen LogP contribution is 2.34. The van der Waals surface area contributed by atoms with E-state index in [1.54, 1.807) is 0 Å². The molecule has 2 fully saturated rings. The molecule has 0 spiro atoms. The molecule has 1 saturated heterocycles. The molecule has 1 aromatic carbocycles. The van der Waals surface area contributed by atoms with E-state index in [1.165, 1.54) is 9.87 Å². The van der Waals surface area contributed by atoms with E-state index in [9.17, 15) is 13.2 Å². The summed E-state index contributed by atoms with van der Waals surface area (Å²) in [5.74, 6) is -0.220. The van der Waals surface area contributed by atoms with Crippen LogP contribution < -0.4 is 5.32 Å². The second kappa shape index (κ2) is 5.77. The number of benzene rings is 1. The number of nitrogens with one attached hydrogen (secondary N) is 1. The van der Waals surface area contributed by atoms with E-state index in [4.69, 9.17) is 0 Å². The molecule has 0 aromatic heterocycles. The molecular weight excluding hydrogens is 288 g/mol. The standard InChI is InChI=1S/C15H20N2O3S/c18-15(16-9-8-12-4-2-1-3-5-12)13-10-17(11-13)21(19,20)14-6-7-14/h1-5,13-14H,6-11H2,(H,16,18). The van der Waals surface area contributed by atoms with Crippen LogP contribution in [0, 0.1) is 5.92 Å². The number of amides is 1. The summed E-state index contributed by atoms with van der Waals surface area (Å²) in [4.78, 5) is 11.9. The van der Waals surface area contributed by atoms with Gasteiger partial charge in [0.1, 0.15) is 0 Å². The Balaban J connectivity index is 1.40. The molecule has 0 unspecified atom stereocenters.